The van der Waals surface area contributed by atoms with Gasteiger partial charge in [-0.1, -0.05) is 91.0 Å². The number of aliphatic hydroxyl groups excluding tert-OH is 1. The lowest BCUT2D eigenvalue weighted by molar-refractivity contribution is -0.290. The standard InChI is InChI=1S/C39H47N3O10/c43-24-31-37(49-25-28-10-4-1-5-11-28)38(50-26-29-12-6-2-7-13-29)36(39(52-31)51-27-30-14-8-3-9-15-30)40-32(44)16-17-33(45)41-20-22-42(23-21-41)34(46)18-19-35(47)48/h1-15,31,36-39,43H,16-27H2,(H,40,44)(H,47,48)/t31-,36-,37-,38-,39?/m0/s1. The predicted octanol–water partition coefficient (Wildman–Crippen LogP) is 2.89. The molecule has 2 saturated heterocycles. The normalized spacial score (nSPS) is 21.8. The van der Waals surface area contributed by atoms with Gasteiger partial charge in [0.25, 0.3) is 0 Å². The van der Waals surface area contributed by atoms with Crippen LogP contribution in [0.1, 0.15) is 42.4 Å². The van der Waals surface area contributed by atoms with E-state index in [0.717, 1.165) is 16.7 Å². The molecular formula is C39H47N3O10. The summed E-state index contributed by atoms with van der Waals surface area (Å²) in [6.07, 6.45) is -3.99. The molecule has 13 nitrogen and oxygen atoms in total. The SMILES string of the molecule is O=C(O)CCC(=O)N1CCN(C(=O)CCC(=O)N[C@@H]2C(OCc3ccccc3)O[C@@H](CO)[C@H](OCc3ccccc3)[C@H]2OCc2ccccc2)CC1. The fourth-order valence-corrected chi connectivity index (χ4v) is 6.25. The van der Waals surface area contributed by atoms with Crippen LogP contribution < -0.4 is 5.32 Å². The fraction of sp³-hybridized carbons (Fsp3) is 0.436. The second kappa shape index (κ2) is 19.8. The first kappa shape index (κ1) is 38.6. The molecule has 2 fully saturated rings. The highest BCUT2D eigenvalue weighted by molar-refractivity contribution is 5.84. The topological polar surface area (TPSA) is 164 Å². The first-order chi connectivity index (χ1) is 25.3. The first-order valence-electron chi connectivity index (χ1n) is 17.6. The second-order valence-corrected chi connectivity index (χ2v) is 12.8. The minimum absolute atomic E-state index is 0.0648. The molecule has 0 radical (unpaired) electrons. The molecule has 1 unspecified atom stereocenters. The molecule has 0 spiro atoms. The summed E-state index contributed by atoms with van der Waals surface area (Å²) in [5.74, 6) is -1.95. The molecular weight excluding hydrogens is 670 g/mol. The van der Waals surface area contributed by atoms with Crippen molar-refractivity contribution in [1.82, 2.24) is 15.1 Å². The summed E-state index contributed by atoms with van der Waals surface area (Å²) >= 11 is 0. The van der Waals surface area contributed by atoms with Crippen molar-refractivity contribution in [3.05, 3.63) is 108 Å². The highest BCUT2D eigenvalue weighted by atomic mass is 16.7. The summed E-state index contributed by atoms with van der Waals surface area (Å²) in [6, 6.07) is 27.8. The smallest absolute Gasteiger partial charge is 0.303 e. The first-order valence-corrected chi connectivity index (χ1v) is 17.6. The van der Waals surface area contributed by atoms with Crippen LogP contribution in [-0.2, 0) is 57.9 Å². The molecule has 3 aromatic carbocycles. The Morgan fingerprint density at radius 2 is 1.08 bits per heavy atom. The zero-order chi connectivity index (χ0) is 36.7. The molecule has 52 heavy (non-hydrogen) atoms. The monoisotopic (exact) mass is 717 g/mol. The molecule has 0 saturated carbocycles. The quantitative estimate of drug-likeness (QED) is 0.189. The summed E-state index contributed by atoms with van der Waals surface area (Å²) < 4.78 is 25.5. The van der Waals surface area contributed by atoms with E-state index < -0.39 is 42.5 Å². The lowest BCUT2D eigenvalue weighted by Gasteiger charge is -2.46. The number of piperazine rings is 1. The molecule has 3 N–H and O–H groups in total. The molecule has 5 atom stereocenters. The average molecular weight is 718 g/mol. The number of rotatable bonds is 17. The Balaban J connectivity index is 1.28. The van der Waals surface area contributed by atoms with Gasteiger partial charge in [-0.2, -0.15) is 0 Å². The summed E-state index contributed by atoms with van der Waals surface area (Å²) in [5, 5.41) is 22.4. The predicted molar refractivity (Wildman–Crippen MR) is 188 cm³/mol. The van der Waals surface area contributed by atoms with E-state index in [1.54, 1.807) is 9.80 Å². The van der Waals surface area contributed by atoms with Crippen LogP contribution in [0.3, 0.4) is 0 Å². The van der Waals surface area contributed by atoms with Crippen molar-refractivity contribution in [2.45, 2.75) is 76.1 Å². The van der Waals surface area contributed by atoms with Crippen molar-refractivity contribution in [3.8, 4) is 0 Å². The molecule has 0 aromatic heterocycles. The van der Waals surface area contributed by atoms with Crippen LogP contribution in [-0.4, -0.2) is 107 Å². The lowest BCUT2D eigenvalue weighted by atomic mass is 9.95. The number of aliphatic carboxylic acids is 1. The summed E-state index contributed by atoms with van der Waals surface area (Å²) in [5.41, 5.74) is 2.70. The molecule has 3 aromatic rings. The largest absolute Gasteiger partial charge is 0.481 e. The molecule has 0 aliphatic carbocycles. The van der Waals surface area contributed by atoms with Crippen LogP contribution in [0.5, 0.6) is 0 Å². The van der Waals surface area contributed by atoms with Gasteiger partial charge in [0.05, 0.1) is 32.8 Å². The van der Waals surface area contributed by atoms with E-state index in [1.165, 1.54) is 0 Å². The highest BCUT2D eigenvalue weighted by Gasteiger charge is 2.48. The number of nitrogens with one attached hydrogen (secondary N) is 1. The highest BCUT2D eigenvalue weighted by Crippen LogP contribution is 2.29. The van der Waals surface area contributed by atoms with Crippen LogP contribution in [0, 0.1) is 0 Å². The summed E-state index contributed by atoms with van der Waals surface area (Å²) in [4.78, 5) is 53.1. The lowest BCUT2D eigenvalue weighted by Crippen LogP contribution is -2.66. The summed E-state index contributed by atoms with van der Waals surface area (Å²) in [6.45, 7) is 1.37. The third-order valence-corrected chi connectivity index (χ3v) is 9.09. The van der Waals surface area contributed by atoms with E-state index in [1.807, 2.05) is 91.0 Å². The number of aliphatic hydroxyl groups is 1. The van der Waals surface area contributed by atoms with Gasteiger partial charge in [0.2, 0.25) is 17.7 Å². The molecule has 5 rings (SSSR count). The maximum Gasteiger partial charge on any atom is 0.303 e. The third kappa shape index (κ3) is 11.4. The number of hydrogen-bond acceptors (Lipinski definition) is 9. The number of carbonyl (C=O) groups excluding carboxylic acids is 3. The molecule has 13 heteroatoms. The van der Waals surface area contributed by atoms with E-state index in [-0.39, 0.29) is 63.9 Å². The number of carboxylic acids is 1. The Labute approximate surface area is 303 Å². The van der Waals surface area contributed by atoms with Crippen molar-refractivity contribution in [3.63, 3.8) is 0 Å². The Morgan fingerprint density at radius 3 is 1.54 bits per heavy atom. The van der Waals surface area contributed by atoms with E-state index in [4.69, 9.17) is 24.1 Å². The van der Waals surface area contributed by atoms with Crippen LogP contribution in [0.25, 0.3) is 0 Å². The zero-order valence-electron chi connectivity index (χ0n) is 29.1. The van der Waals surface area contributed by atoms with E-state index >= 15 is 0 Å². The number of carboxylic acid groups (broad SMARTS) is 1. The van der Waals surface area contributed by atoms with Gasteiger partial charge in [0, 0.05) is 45.4 Å². The number of hydrogen-bond donors (Lipinski definition) is 3. The van der Waals surface area contributed by atoms with Gasteiger partial charge in [0.15, 0.2) is 6.29 Å². The van der Waals surface area contributed by atoms with Gasteiger partial charge in [-0.25, -0.2) is 0 Å². The Bertz CT molecular complexity index is 1570. The van der Waals surface area contributed by atoms with Gasteiger partial charge >= 0.3 is 5.97 Å². The van der Waals surface area contributed by atoms with Crippen LogP contribution in [0.15, 0.2) is 91.0 Å². The second-order valence-electron chi connectivity index (χ2n) is 12.8. The fourth-order valence-electron chi connectivity index (χ4n) is 6.25. The van der Waals surface area contributed by atoms with Gasteiger partial charge in [-0.05, 0) is 16.7 Å². The van der Waals surface area contributed by atoms with Gasteiger partial charge in [-0.3, -0.25) is 19.2 Å². The van der Waals surface area contributed by atoms with E-state index in [9.17, 15) is 24.3 Å². The Kier molecular flexibility index (Phi) is 14.7. The maximum atomic E-state index is 13.6. The van der Waals surface area contributed by atoms with E-state index in [0.29, 0.717) is 26.2 Å². The molecule has 2 heterocycles. The van der Waals surface area contributed by atoms with Crippen molar-refractivity contribution in [1.29, 1.82) is 0 Å². The van der Waals surface area contributed by atoms with Crippen molar-refractivity contribution in [2.75, 3.05) is 32.8 Å². The van der Waals surface area contributed by atoms with Crippen LogP contribution >= 0.6 is 0 Å². The average Bonchev–Trinajstić information content (AvgIpc) is 3.18. The zero-order valence-corrected chi connectivity index (χ0v) is 29.1. The Hall–Kier alpha value is -4.66. The number of amides is 3. The summed E-state index contributed by atoms with van der Waals surface area (Å²) in [7, 11) is 0. The number of carbonyl (C=O) groups is 4. The van der Waals surface area contributed by atoms with Crippen molar-refractivity contribution >= 4 is 23.7 Å². The third-order valence-electron chi connectivity index (χ3n) is 9.09. The minimum Gasteiger partial charge on any atom is -0.481 e. The van der Waals surface area contributed by atoms with Crippen LogP contribution in [0.2, 0.25) is 0 Å². The molecule has 0 bridgehead atoms. The number of ether oxygens (including phenoxy) is 4. The van der Waals surface area contributed by atoms with Crippen molar-refractivity contribution < 1.29 is 48.3 Å². The van der Waals surface area contributed by atoms with Crippen LogP contribution in [0.4, 0.5) is 0 Å². The van der Waals surface area contributed by atoms with Crippen molar-refractivity contribution in [2.24, 2.45) is 0 Å². The molecule has 3 amide bonds. The number of benzene rings is 3. The van der Waals surface area contributed by atoms with Gasteiger partial charge in [-0.15, -0.1) is 0 Å². The number of nitrogens with zero attached hydrogens (tertiary/aromatic N) is 2. The van der Waals surface area contributed by atoms with E-state index in [2.05, 4.69) is 5.32 Å². The molecule has 2 aliphatic heterocycles. The Morgan fingerprint density at radius 1 is 0.635 bits per heavy atom. The maximum absolute atomic E-state index is 13.6. The van der Waals surface area contributed by atoms with Gasteiger partial charge < -0.3 is 44.3 Å². The van der Waals surface area contributed by atoms with Gasteiger partial charge in [0.1, 0.15) is 24.4 Å². The minimum atomic E-state index is -1.04. The molecule has 2 aliphatic rings. The molecule has 278 valence electrons.